The maximum atomic E-state index is 5.21. The van der Waals surface area contributed by atoms with Crippen LogP contribution in [0, 0.1) is 6.92 Å². The standard InChI is InChI=1S/C32H30N2/c1-22(2)26-18-9-12-23(3)31(26)34-32(25-14-5-4-6-15-25)30-21-11-20-29(33-30)28-19-10-16-24-13-7-8-17-27(24)28/h4-22,32,34H,1-3H3. The van der Waals surface area contributed by atoms with Crippen LogP contribution in [0.4, 0.5) is 5.69 Å². The monoisotopic (exact) mass is 442 g/mol. The van der Waals surface area contributed by atoms with Crippen molar-refractivity contribution in [3.05, 3.63) is 132 Å². The zero-order valence-electron chi connectivity index (χ0n) is 20.0. The molecule has 1 atom stereocenters. The van der Waals surface area contributed by atoms with Gasteiger partial charge in [-0.15, -0.1) is 0 Å². The van der Waals surface area contributed by atoms with Gasteiger partial charge < -0.3 is 5.32 Å². The molecule has 1 heterocycles. The average Bonchev–Trinajstić information content (AvgIpc) is 2.88. The van der Waals surface area contributed by atoms with Crippen molar-refractivity contribution in [1.29, 1.82) is 0 Å². The maximum absolute atomic E-state index is 5.21. The number of para-hydroxylation sites is 1. The summed E-state index contributed by atoms with van der Waals surface area (Å²) in [6, 6.07) is 38.4. The van der Waals surface area contributed by atoms with Crippen LogP contribution in [-0.4, -0.2) is 4.98 Å². The predicted molar refractivity (Wildman–Crippen MR) is 144 cm³/mol. The van der Waals surface area contributed by atoms with Crippen LogP contribution in [0.3, 0.4) is 0 Å². The van der Waals surface area contributed by atoms with Gasteiger partial charge in [-0.25, -0.2) is 0 Å². The van der Waals surface area contributed by atoms with E-state index < -0.39 is 0 Å². The van der Waals surface area contributed by atoms with Gasteiger partial charge in [-0.1, -0.05) is 111 Å². The Balaban J connectivity index is 1.63. The summed E-state index contributed by atoms with van der Waals surface area (Å²) >= 11 is 0. The molecule has 0 saturated heterocycles. The number of hydrogen-bond donors (Lipinski definition) is 1. The van der Waals surface area contributed by atoms with E-state index >= 15 is 0 Å². The number of rotatable bonds is 6. The van der Waals surface area contributed by atoms with Gasteiger partial charge in [0.15, 0.2) is 0 Å². The summed E-state index contributed by atoms with van der Waals surface area (Å²) in [6.45, 7) is 6.67. The molecule has 0 amide bonds. The number of aryl methyl sites for hydroxylation is 1. The van der Waals surface area contributed by atoms with E-state index in [0.29, 0.717) is 5.92 Å². The molecule has 0 radical (unpaired) electrons. The molecule has 2 nitrogen and oxygen atoms in total. The van der Waals surface area contributed by atoms with Crippen molar-refractivity contribution >= 4 is 16.5 Å². The van der Waals surface area contributed by atoms with E-state index in [-0.39, 0.29) is 6.04 Å². The molecule has 168 valence electrons. The summed E-state index contributed by atoms with van der Waals surface area (Å²) in [5, 5.41) is 6.33. The topological polar surface area (TPSA) is 24.9 Å². The van der Waals surface area contributed by atoms with Gasteiger partial charge in [0.25, 0.3) is 0 Å². The summed E-state index contributed by atoms with van der Waals surface area (Å²) in [4.78, 5) is 5.21. The van der Waals surface area contributed by atoms with Gasteiger partial charge >= 0.3 is 0 Å². The molecule has 0 aliphatic heterocycles. The second kappa shape index (κ2) is 9.52. The summed E-state index contributed by atoms with van der Waals surface area (Å²) < 4.78 is 0. The Morgan fingerprint density at radius 1 is 0.676 bits per heavy atom. The van der Waals surface area contributed by atoms with Crippen LogP contribution >= 0.6 is 0 Å². The van der Waals surface area contributed by atoms with Crippen molar-refractivity contribution < 1.29 is 0 Å². The lowest BCUT2D eigenvalue weighted by atomic mass is 9.95. The van der Waals surface area contributed by atoms with E-state index in [1.807, 2.05) is 0 Å². The van der Waals surface area contributed by atoms with Gasteiger partial charge in [0.2, 0.25) is 0 Å². The number of nitrogens with zero attached hydrogens (tertiary/aromatic N) is 1. The molecule has 5 rings (SSSR count). The minimum absolute atomic E-state index is 0.0604. The third-order valence-electron chi connectivity index (χ3n) is 6.48. The Labute approximate surface area is 202 Å². The highest BCUT2D eigenvalue weighted by molar-refractivity contribution is 5.95. The number of pyridine rings is 1. The predicted octanol–water partition coefficient (Wildman–Crippen LogP) is 8.54. The first-order valence-electron chi connectivity index (χ1n) is 12.0. The summed E-state index contributed by atoms with van der Waals surface area (Å²) in [5.41, 5.74) is 8.13. The van der Waals surface area contributed by atoms with Crippen molar-refractivity contribution in [3.63, 3.8) is 0 Å². The molecule has 1 aromatic heterocycles. The molecule has 0 aliphatic rings. The van der Waals surface area contributed by atoms with Gasteiger partial charge in [-0.3, -0.25) is 4.98 Å². The summed E-state index contributed by atoms with van der Waals surface area (Å²) in [7, 11) is 0. The van der Waals surface area contributed by atoms with Crippen molar-refractivity contribution in [2.45, 2.75) is 32.7 Å². The number of anilines is 1. The second-order valence-corrected chi connectivity index (χ2v) is 9.16. The van der Waals surface area contributed by atoms with Crippen molar-refractivity contribution in [3.8, 4) is 11.3 Å². The molecule has 0 bridgehead atoms. The minimum atomic E-state index is -0.0604. The first-order valence-corrected chi connectivity index (χ1v) is 12.0. The lowest BCUT2D eigenvalue weighted by molar-refractivity contribution is 0.842. The smallest absolute Gasteiger partial charge is 0.0940 e. The molecule has 0 aliphatic carbocycles. The van der Waals surface area contributed by atoms with Crippen LogP contribution in [0.1, 0.15) is 48.2 Å². The Kier molecular flexibility index (Phi) is 6.14. The van der Waals surface area contributed by atoms with E-state index in [4.69, 9.17) is 4.98 Å². The fourth-order valence-electron chi connectivity index (χ4n) is 4.70. The number of benzene rings is 4. The number of fused-ring (bicyclic) bond motifs is 1. The Morgan fingerprint density at radius 3 is 2.21 bits per heavy atom. The second-order valence-electron chi connectivity index (χ2n) is 9.16. The Hall–Kier alpha value is -3.91. The third kappa shape index (κ3) is 4.32. The van der Waals surface area contributed by atoms with E-state index in [0.717, 1.165) is 17.0 Å². The minimum Gasteiger partial charge on any atom is -0.372 e. The van der Waals surface area contributed by atoms with Crippen LogP contribution in [0.15, 0.2) is 109 Å². The highest BCUT2D eigenvalue weighted by Gasteiger charge is 2.20. The van der Waals surface area contributed by atoms with Crippen LogP contribution in [0.25, 0.3) is 22.0 Å². The van der Waals surface area contributed by atoms with Gasteiger partial charge in [0, 0.05) is 11.3 Å². The number of nitrogens with one attached hydrogen (secondary N) is 1. The molecule has 2 heteroatoms. The zero-order chi connectivity index (χ0) is 23.5. The molecule has 5 aromatic rings. The van der Waals surface area contributed by atoms with Crippen molar-refractivity contribution in [2.24, 2.45) is 0 Å². The molecule has 0 saturated carbocycles. The fourth-order valence-corrected chi connectivity index (χ4v) is 4.70. The van der Waals surface area contributed by atoms with E-state index in [9.17, 15) is 0 Å². The first-order chi connectivity index (χ1) is 16.6. The SMILES string of the molecule is Cc1cccc(C(C)C)c1NC(c1ccccc1)c1cccc(-c2cccc3ccccc23)n1. The van der Waals surface area contributed by atoms with Crippen LogP contribution in [-0.2, 0) is 0 Å². The molecule has 1 unspecified atom stereocenters. The van der Waals surface area contributed by atoms with Gasteiger partial charge in [0.1, 0.15) is 0 Å². The average molecular weight is 443 g/mol. The maximum Gasteiger partial charge on any atom is 0.0940 e. The van der Waals surface area contributed by atoms with E-state index in [2.05, 4.69) is 135 Å². The van der Waals surface area contributed by atoms with Gasteiger partial charge in [-0.05, 0) is 52.4 Å². The summed E-state index contributed by atoms with van der Waals surface area (Å²) in [5.74, 6) is 0.425. The van der Waals surface area contributed by atoms with E-state index in [1.54, 1.807) is 0 Å². The van der Waals surface area contributed by atoms with Gasteiger partial charge in [-0.2, -0.15) is 0 Å². The Bertz CT molecular complexity index is 1410. The molecule has 0 fully saturated rings. The van der Waals surface area contributed by atoms with Crippen molar-refractivity contribution in [1.82, 2.24) is 4.98 Å². The van der Waals surface area contributed by atoms with E-state index in [1.165, 1.54) is 33.2 Å². The van der Waals surface area contributed by atoms with Crippen LogP contribution in [0.2, 0.25) is 0 Å². The first kappa shape index (κ1) is 21.9. The fraction of sp³-hybridized carbons (Fsp3) is 0.156. The lowest BCUT2D eigenvalue weighted by Crippen LogP contribution is -2.16. The molecule has 34 heavy (non-hydrogen) atoms. The third-order valence-corrected chi connectivity index (χ3v) is 6.48. The summed E-state index contributed by atoms with van der Waals surface area (Å²) in [6.07, 6.45) is 0. The highest BCUT2D eigenvalue weighted by atomic mass is 15.0. The highest BCUT2D eigenvalue weighted by Crippen LogP contribution is 2.34. The normalized spacial score (nSPS) is 12.1. The van der Waals surface area contributed by atoms with Crippen LogP contribution < -0.4 is 5.32 Å². The Morgan fingerprint density at radius 2 is 1.38 bits per heavy atom. The number of hydrogen-bond acceptors (Lipinski definition) is 2. The molecular formula is C32H30N2. The number of aromatic nitrogens is 1. The van der Waals surface area contributed by atoms with Gasteiger partial charge in [0.05, 0.1) is 17.4 Å². The van der Waals surface area contributed by atoms with Crippen LogP contribution in [0.5, 0.6) is 0 Å². The quantitative estimate of drug-likeness (QED) is 0.285. The zero-order valence-corrected chi connectivity index (χ0v) is 20.0. The molecule has 4 aromatic carbocycles. The largest absolute Gasteiger partial charge is 0.372 e. The molecule has 0 spiro atoms. The molecular weight excluding hydrogens is 412 g/mol. The molecule has 1 N–H and O–H groups in total. The lowest BCUT2D eigenvalue weighted by Gasteiger charge is -2.25. The van der Waals surface area contributed by atoms with Crippen molar-refractivity contribution in [2.75, 3.05) is 5.32 Å².